The number of aliphatic hydroxyl groups excluding tert-OH is 1. The molecule has 0 bridgehead atoms. The molecule has 3 aromatic rings. The Balaban J connectivity index is 1.21. The molecule has 0 aliphatic carbocycles. The van der Waals surface area contributed by atoms with Crippen LogP contribution in [-0.4, -0.2) is 71.9 Å². The second-order valence-corrected chi connectivity index (χ2v) is 13.1. The molecule has 0 aliphatic rings. The van der Waals surface area contributed by atoms with Crippen LogP contribution in [0.3, 0.4) is 0 Å². The highest BCUT2D eigenvalue weighted by Gasteiger charge is 2.08. The Morgan fingerprint density at radius 1 is 0.482 bits per heavy atom. The molecule has 11 heteroatoms. The fourth-order valence-corrected chi connectivity index (χ4v) is 5.73. The third-order valence-corrected chi connectivity index (χ3v) is 8.85. The lowest BCUT2D eigenvalue weighted by molar-refractivity contribution is -0.135. The quantitative estimate of drug-likeness (QED) is 0.0412. The van der Waals surface area contributed by atoms with E-state index in [0.717, 1.165) is 105 Å². The molecule has 306 valence electrons. The first kappa shape index (κ1) is 45.2. The minimum atomic E-state index is -0.410. The van der Waals surface area contributed by atoms with Crippen molar-refractivity contribution in [3.8, 4) is 34.5 Å². The van der Waals surface area contributed by atoms with E-state index in [-0.39, 0.29) is 6.61 Å². The van der Waals surface area contributed by atoms with Gasteiger partial charge in [-0.2, -0.15) is 0 Å². The fraction of sp³-hybridized carbons (Fsp3) is 0.467. The standard InChI is InChI=1S/C45H60O11/c1-49-42-31-35(19-23-44(47)51-3)17-21-40(42)55-27-15-11-7-5-9-13-25-53-38-29-37(34-46)30-39(33-38)54-26-14-10-6-8-12-16-28-56-41-22-18-36(32-43(41)50-2)20-24-45(48)52-4/h17-24,29-33,46H,5-16,25-28,34H2,1-4H3. The van der Waals surface area contributed by atoms with Crippen LogP contribution in [0.5, 0.6) is 34.5 Å². The van der Waals surface area contributed by atoms with Crippen LogP contribution in [0.2, 0.25) is 0 Å². The number of benzene rings is 3. The van der Waals surface area contributed by atoms with Gasteiger partial charge >= 0.3 is 11.9 Å². The summed E-state index contributed by atoms with van der Waals surface area (Å²) in [7, 11) is 5.88. The van der Waals surface area contributed by atoms with Crippen molar-refractivity contribution in [2.24, 2.45) is 0 Å². The number of rotatable bonds is 29. The van der Waals surface area contributed by atoms with E-state index in [1.54, 1.807) is 26.4 Å². The minimum absolute atomic E-state index is 0.0695. The summed E-state index contributed by atoms with van der Waals surface area (Å²) in [6.07, 6.45) is 18.7. The Labute approximate surface area is 332 Å². The summed E-state index contributed by atoms with van der Waals surface area (Å²) >= 11 is 0. The second kappa shape index (κ2) is 27.4. The van der Waals surface area contributed by atoms with Crippen LogP contribution in [0.4, 0.5) is 0 Å². The van der Waals surface area contributed by atoms with Crippen LogP contribution in [-0.2, 0) is 25.7 Å². The lowest BCUT2D eigenvalue weighted by Gasteiger charge is -2.12. The van der Waals surface area contributed by atoms with Crippen LogP contribution in [0, 0.1) is 0 Å². The summed E-state index contributed by atoms with van der Waals surface area (Å²) < 4.78 is 44.1. The molecule has 3 aromatic carbocycles. The number of carbonyl (C=O) groups is 2. The van der Waals surface area contributed by atoms with E-state index >= 15 is 0 Å². The maximum atomic E-state index is 11.3. The summed E-state index contributed by atoms with van der Waals surface area (Å²) in [5, 5.41) is 9.76. The third-order valence-electron chi connectivity index (χ3n) is 8.85. The van der Waals surface area contributed by atoms with Crippen molar-refractivity contribution in [3.63, 3.8) is 0 Å². The van der Waals surface area contributed by atoms with Crippen LogP contribution < -0.4 is 28.4 Å². The third kappa shape index (κ3) is 18.0. The van der Waals surface area contributed by atoms with E-state index in [1.807, 2.05) is 54.6 Å². The van der Waals surface area contributed by atoms with Gasteiger partial charge in [0.25, 0.3) is 0 Å². The van der Waals surface area contributed by atoms with Gasteiger partial charge in [-0.3, -0.25) is 0 Å². The molecule has 0 saturated carbocycles. The fourth-order valence-electron chi connectivity index (χ4n) is 5.73. The molecule has 11 nitrogen and oxygen atoms in total. The molecule has 0 amide bonds. The summed E-state index contributed by atoms with van der Waals surface area (Å²) in [6.45, 7) is 2.37. The molecule has 0 atom stereocenters. The lowest BCUT2D eigenvalue weighted by atomic mass is 10.1. The highest BCUT2D eigenvalue weighted by atomic mass is 16.5. The molecule has 0 saturated heterocycles. The van der Waals surface area contributed by atoms with Gasteiger partial charge in [0.2, 0.25) is 0 Å². The van der Waals surface area contributed by atoms with Gasteiger partial charge in [0.05, 0.1) is 61.5 Å². The summed E-state index contributed by atoms with van der Waals surface area (Å²) in [4.78, 5) is 22.7. The van der Waals surface area contributed by atoms with Crippen LogP contribution in [0.15, 0.2) is 66.7 Å². The van der Waals surface area contributed by atoms with Gasteiger partial charge in [-0.15, -0.1) is 0 Å². The summed E-state index contributed by atoms with van der Waals surface area (Å²) in [6, 6.07) is 16.7. The SMILES string of the molecule is COC(=O)C=Cc1ccc(OCCCCCCCCOc2cc(CO)cc(OCCCCCCCCOc3ccc(C=CC(=O)OC)cc3OC)c2)c(OC)c1. The highest BCUT2D eigenvalue weighted by Crippen LogP contribution is 2.30. The zero-order valence-corrected chi connectivity index (χ0v) is 33.6. The van der Waals surface area contributed by atoms with Gasteiger partial charge in [0, 0.05) is 18.2 Å². The molecule has 0 spiro atoms. The average Bonchev–Trinajstić information content (AvgIpc) is 3.23. The molecule has 0 unspecified atom stereocenters. The van der Waals surface area contributed by atoms with Crippen molar-refractivity contribution in [2.75, 3.05) is 54.9 Å². The van der Waals surface area contributed by atoms with Crippen LogP contribution >= 0.6 is 0 Å². The number of hydrogen-bond acceptors (Lipinski definition) is 11. The molecule has 0 aromatic heterocycles. The molecular weight excluding hydrogens is 716 g/mol. The van der Waals surface area contributed by atoms with Crippen molar-refractivity contribution < 1.29 is 52.6 Å². The first-order valence-electron chi connectivity index (χ1n) is 19.5. The second-order valence-electron chi connectivity index (χ2n) is 13.1. The molecular formula is C45H60O11. The zero-order valence-electron chi connectivity index (χ0n) is 33.6. The van der Waals surface area contributed by atoms with Gasteiger partial charge in [0.1, 0.15) is 11.5 Å². The monoisotopic (exact) mass is 776 g/mol. The summed E-state index contributed by atoms with van der Waals surface area (Å²) in [5.41, 5.74) is 2.42. The first-order valence-corrected chi connectivity index (χ1v) is 19.5. The van der Waals surface area contributed by atoms with Crippen LogP contribution in [0.1, 0.15) is 93.7 Å². The van der Waals surface area contributed by atoms with Gasteiger partial charge in [-0.05, 0) is 90.9 Å². The number of methoxy groups -OCH3 is 4. The van der Waals surface area contributed by atoms with Gasteiger partial charge in [-0.25, -0.2) is 9.59 Å². The smallest absolute Gasteiger partial charge is 0.330 e. The molecule has 0 heterocycles. The number of ether oxygens (including phenoxy) is 8. The van der Waals surface area contributed by atoms with Crippen LogP contribution in [0.25, 0.3) is 12.2 Å². The number of hydrogen-bond donors (Lipinski definition) is 1. The average molecular weight is 777 g/mol. The van der Waals surface area contributed by atoms with E-state index in [1.165, 1.54) is 26.4 Å². The molecule has 3 rings (SSSR count). The first-order chi connectivity index (χ1) is 27.4. The number of aliphatic hydroxyl groups is 1. The molecule has 0 aliphatic heterocycles. The number of unbranched alkanes of at least 4 members (excludes halogenated alkanes) is 10. The van der Waals surface area contributed by atoms with Crippen molar-refractivity contribution in [1.29, 1.82) is 0 Å². The van der Waals surface area contributed by atoms with Crippen molar-refractivity contribution in [2.45, 2.75) is 83.7 Å². The number of esters is 2. The predicted molar refractivity (Wildman–Crippen MR) is 218 cm³/mol. The zero-order chi connectivity index (χ0) is 40.2. The van der Waals surface area contributed by atoms with E-state index in [0.29, 0.717) is 49.4 Å². The topological polar surface area (TPSA) is 128 Å². The maximum absolute atomic E-state index is 11.3. The van der Waals surface area contributed by atoms with Gasteiger partial charge in [-0.1, -0.05) is 63.5 Å². The molecule has 0 fully saturated rings. The van der Waals surface area contributed by atoms with E-state index in [9.17, 15) is 14.7 Å². The van der Waals surface area contributed by atoms with Crippen molar-refractivity contribution >= 4 is 24.1 Å². The lowest BCUT2D eigenvalue weighted by Crippen LogP contribution is -2.02. The Kier molecular flexibility index (Phi) is 22.2. The predicted octanol–water partition coefficient (Wildman–Crippen LogP) is 9.17. The Hall–Kier alpha value is -5.16. The highest BCUT2D eigenvalue weighted by molar-refractivity contribution is 5.87. The number of carbonyl (C=O) groups excluding carboxylic acids is 2. The summed E-state index contributed by atoms with van der Waals surface area (Å²) in [5.74, 6) is 3.23. The molecule has 1 N–H and O–H groups in total. The van der Waals surface area contributed by atoms with Crippen molar-refractivity contribution in [3.05, 3.63) is 83.4 Å². The minimum Gasteiger partial charge on any atom is -0.493 e. The Morgan fingerprint density at radius 3 is 1.21 bits per heavy atom. The van der Waals surface area contributed by atoms with Crippen molar-refractivity contribution in [1.82, 2.24) is 0 Å². The normalized spacial score (nSPS) is 11.1. The van der Waals surface area contributed by atoms with Gasteiger partial charge < -0.3 is 43.0 Å². The van der Waals surface area contributed by atoms with E-state index in [2.05, 4.69) is 9.47 Å². The largest absolute Gasteiger partial charge is 0.493 e. The molecule has 56 heavy (non-hydrogen) atoms. The van der Waals surface area contributed by atoms with E-state index < -0.39 is 11.9 Å². The van der Waals surface area contributed by atoms with E-state index in [4.69, 9.17) is 28.4 Å². The Morgan fingerprint density at radius 2 is 0.857 bits per heavy atom. The maximum Gasteiger partial charge on any atom is 0.330 e. The van der Waals surface area contributed by atoms with Gasteiger partial charge in [0.15, 0.2) is 23.0 Å². The Bertz CT molecular complexity index is 1530. The molecule has 0 radical (unpaired) electrons.